The quantitative estimate of drug-likeness (QED) is 0.491. The molecule has 1 aromatic carbocycles. The fourth-order valence-electron chi connectivity index (χ4n) is 2.06. The van der Waals surface area contributed by atoms with Gasteiger partial charge in [-0.15, -0.1) is 6.58 Å². The van der Waals surface area contributed by atoms with Crippen molar-refractivity contribution in [3.8, 4) is 5.69 Å². The Balaban J connectivity index is 1.85. The van der Waals surface area contributed by atoms with E-state index in [4.69, 9.17) is 12.2 Å². The molecule has 0 unspecified atom stereocenters. The second-order valence-corrected chi connectivity index (χ2v) is 6.28. The molecule has 1 aliphatic heterocycles. The van der Waals surface area contributed by atoms with Crippen LogP contribution < -0.4 is 0 Å². The maximum atomic E-state index is 12.3. The van der Waals surface area contributed by atoms with Crippen LogP contribution in [0, 0.1) is 0 Å². The average molecular weight is 327 g/mol. The van der Waals surface area contributed by atoms with E-state index in [1.807, 2.05) is 42.6 Å². The molecule has 0 bridgehead atoms. The first kappa shape index (κ1) is 14.7. The van der Waals surface area contributed by atoms with Crippen LogP contribution in [0.1, 0.15) is 5.69 Å². The zero-order chi connectivity index (χ0) is 15.5. The van der Waals surface area contributed by atoms with E-state index in [0.29, 0.717) is 15.8 Å². The van der Waals surface area contributed by atoms with Gasteiger partial charge < -0.3 is 0 Å². The van der Waals surface area contributed by atoms with E-state index in [-0.39, 0.29) is 5.91 Å². The standard InChI is InChI=1S/C16H13N3OS2/c1-2-9-18-15(20)14(22-16(18)21)11-12-8-10-19(17-12)13-6-4-3-5-7-13/h2-8,10-11H,1,9H2. The highest BCUT2D eigenvalue weighted by Gasteiger charge is 2.31. The first-order chi connectivity index (χ1) is 10.7. The summed E-state index contributed by atoms with van der Waals surface area (Å²) in [5, 5.41) is 4.47. The van der Waals surface area contributed by atoms with E-state index in [1.54, 1.807) is 16.8 Å². The summed E-state index contributed by atoms with van der Waals surface area (Å²) in [4.78, 5) is 14.4. The number of nitrogens with zero attached hydrogens (tertiary/aromatic N) is 3. The summed E-state index contributed by atoms with van der Waals surface area (Å²) in [5.41, 5.74) is 1.70. The summed E-state index contributed by atoms with van der Waals surface area (Å²) in [6, 6.07) is 11.7. The Labute approximate surface area is 138 Å². The molecule has 22 heavy (non-hydrogen) atoms. The molecule has 1 aliphatic rings. The molecule has 1 fully saturated rings. The van der Waals surface area contributed by atoms with Gasteiger partial charge in [-0.1, -0.05) is 48.3 Å². The highest BCUT2D eigenvalue weighted by Crippen LogP contribution is 2.32. The topological polar surface area (TPSA) is 38.1 Å². The Morgan fingerprint density at radius 2 is 2.05 bits per heavy atom. The molecule has 0 aliphatic carbocycles. The van der Waals surface area contributed by atoms with Crippen LogP contribution in [-0.2, 0) is 4.79 Å². The van der Waals surface area contributed by atoms with Gasteiger partial charge in [0.25, 0.3) is 5.91 Å². The Morgan fingerprint density at radius 1 is 1.27 bits per heavy atom. The number of carbonyl (C=O) groups is 1. The van der Waals surface area contributed by atoms with Crippen molar-refractivity contribution in [1.29, 1.82) is 0 Å². The van der Waals surface area contributed by atoms with Gasteiger partial charge in [0.05, 0.1) is 16.3 Å². The summed E-state index contributed by atoms with van der Waals surface area (Å²) in [7, 11) is 0. The lowest BCUT2D eigenvalue weighted by Crippen LogP contribution is -2.27. The lowest BCUT2D eigenvalue weighted by Gasteiger charge is -2.10. The van der Waals surface area contributed by atoms with Gasteiger partial charge in [0.2, 0.25) is 0 Å². The fraction of sp³-hybridized carbons (Fsp3) is 0.0625. The first-order valence-electron chi connectivity index (χ1n) is 6.66. The lowest BCUT2D eigenvalue weighted by molar-refractivity contribution is -0.121. The fourth-order valence-corrected chi connectivity index (χ4v) is 3.32. The molecule has 1 aromatic heterocycles. The molecular weight excluding hydrogens is 314 g/mol. The van der Waals surface area contributed by atoms with Crippen molar-refractivity contribution in [3.05, 3.63) is 65.8 Å². The van der Waals surface area contributed by atoms with Crippen LogP contribution in [0.3, 0.4) is 0 Å². The summed E-state index contributed by atoms with van der Waals surface area (Å²) in [6.07, 6.45) is 5.30. The second kappa shape index (κ2) is 6.29. The van der Waals surface area contributed by atoms with Gasteiger partial charge in [0, 0.05) is 12.7 Å². The molecule has 0 radical (unpaired) electrons. The molecule has 110 valence electrons. The zero-order valence-corrected chi connectivity index (χ0v) is 13.3. The number of amides is 1. The molecule has 2 heterocycles. The average Bonchev–Trinajstić information content (AvgIpc) is 3.09. The summed E-state index contributed by atoms with van der Waals surface area (Å²) < 4.78 is 2.33. The summed E-state index contributed by atoms with van der Waals surface area (Å²) in [6.45, 7) is 4.07. The zero-order valence-electron chi connectivity index (χ0n) is 11.7. The number of benzene rings is 1. The van der Waals surface area contributed by atoms with Gasteiger partial charge in [0.15, 0.2) is 0 Å². The monoisotopic (exact) mass is 327 g/mol. The van der Waals surface area contributed by atoms with Gasteiger partial charge >= 0.3 is 0 Å². The molecular formula is C16H13N3OS2. The van der Waals surface area contributed by atoms with Crippen molar-refractivity contribution < 1.29 is 4.79 Å². The number of rotatable bonds is 4. The summed E-state index contributed by atoms with van der Waals surface area (Å²) in [5.74, 6) is -0.0934. The predicted octanol–water partition coefficient (Wildman–Crippen LogP) is 3.26. The number of thioether (sulfide) groups is 1. The van der Waals surface area contributed by atoms with E-state index >= 15 is 0 Å². The van der Waals surface area contributed by atoms with Crippen LogP contribution in [0.2, 0.25) is 0 Å². The van der Waals surface area contributed by atoms with E-state index in [9.17, 15) is 4.79 Å². The Bertz CT molecular complexity index is 765. The molecule has 0 spiro atoms. The molecule has 1 amide bonds. The second-order valence-electron chi connectivity index (χ2n) is 4.60. The van der Waals surface area contributed by atoms with Crippen molar-refractivity contribution in [2.24, 2.45) is 0 Å². The highest BCUT2D eigenvalue weighted by molar-refractivity contribution is 8.26. The maximum Gasteiger partial charge on any atom is 0.266 e. The van der Waals surface area contributed by atoms with Gasteiger partial charge in [-0.25, -0.2) is 4.68 Å². The maximum absolute atomic E-state index is 12.3. The van der Waals surface area contributed by atoms with Gasteiger partial charge in [-0.05, 0) is 24.3 Å². The minimum atomic E-state index is -0.0934. The van der Waals surface area contributed by atoms with Gasteiger partial charge in [-0.3, -0.25) is 9.69 Å². The normalized spacial score (nSPS) is 16.5. The third-order valence-electron chi connectivity index (χ3n) is 3.09. The van der Waals surface area contributed by atoms with Crippen molar-refractivity contribution >= 4 is 40.3 Å². The largest absolute Gasteiger partial charge is 0.289 e. The molecule has 6 heteroatoms. The number of carbonyl (C=O) groups excluding carboxylic acids is 1. The molecule has 0 saturated carbocycles. The molecule has 0 atom stereocenters. The van der Waals surface area contributed by atoms with E-state index < -0.39 is 0 Å². The highest BCUT2D eigenvalue weighted by atomic mass is 32.2. The minimum absolute atomic E-state index is 0.0934. The third-order valence-corrected chi connectivity index (χ3v) is 4.47. The van der Waals surface area contributed by atoms with Crippen LogP contribution >= 0.6 is 24.0 Å². The lowest BCUT2D eigenvalue weighted by atomic mass is 10.3. The number of aromatic nitrogens is 2. The SMILES string of the molecule is C=CCN1C(=O)C(=Cc2ccn(-c3ccccc3)n2)SC1=S. The van der Waals surface area contributed by atoms with Crippen LogP contribution in [0.15, 0.2) is 60.2 Å². The molecule has 4 nitrogen and oxygen atoms in total. The van der Waals surface area contributed by atoms with Crippen LogP contribution in [0.5, 0.6) is 0 Å². The first-order valence-corrected chi connectivity index (χ1v) is 7.89. The van der Waals surface area contributed by atoms with Gasteiger partial charge in [0.1, 0.15) is 4.32 Å². The Hall–Kier alpha value is -2.18. The van der Waals surface area contributed by atoms with Crippen molar-refractivity contribution in [3.63, 3.8) is 0 Å². The van der Waals surface area contributed by atoms with Crippen LogP contribution in [0.4, 0.5) is 0 Å². The number of hydrogen-bond acceptors (Lipinski definition) is 4. The van der Waals surface area contributed by atoms with E-state index in [1.165, 1.54) is 16.7 Å². The smallest absolute Gasteiger partial charge is 0.266 e. The number of hydrogen-bond donors (Lipinski definition) is 0. The van der Waals surface area contributed by atoms with E-state index in [2.05, 4.69) is 11.7 Å². The molecule has 3 rings (SSSR count). The molecule has 2 aromatic rings. The van der Waals surface area contributed by atoms with Crippen LogP contribution in [0.25, 0.3) is 11.8 Å². The molecule has 0 N–H and O–H groups in total. The Morgan fingerprint density at radius 3 is 2.77 bits per heavy atom. The summed E-state index contributed by atoms with van der Waals surface area (Å²) >= 11 is 6.51. The van der Waals surface area contributed by atoms with E-state index in [0.717, 1.165) is 11.4 Å². The van der Waals surface area contributed by atoms with Crippen molar-refractivity contribution in [2.75, 3.05) is 6.54 Å². The number of para-hydroxylation sites is 1. The van der Waals surface area contributed by atoms with Crippen LogP contribution in [-0.4, -0.2) is 31.5 Å². The number of thiocarbonyl (C=S) groups is 1. The minimum Gasteiger partial charge on any atom is -0.289 e. The van der Waals surface area contributed by atoms with Crippen molar-refractivity contribution in [1.82, 2.24) is 14.7 Å². The Kier molecular flexibility index (Phi) is 4.22. The van der Waals surface area contributed by atoms with Crippen molar-refractivity contribution in [2.45, 2.75) is 0 Å². The third kappa shape index (κ3) is 2.88. The molecule has 1 saturated heterocycles. The van der Waals surface area contributed by atoms with Gasteiger partial charge in [-0.2, -0.15) is 5.10 Å². The predicted molar refractivity (Wildman–Crippen MR) is 93.6 cm³/mol.